The summed E-state index contributed by atoms with van der Waals surface area (Å²) in [5, 5.41) is 0. The Kier molecular flexibility index (Phi) is 11.2. The highest BCUT2D eigenvalue weighted by Crippen LogP contribution is 2.37. The maximum Gasteiger partial charge on any atom is 0.131 e. The second-order valence-corrected chi connectivity index (χ2v) is 14.1. The van der Waals surface area contributed by atoms with Crippen LogP contribution in [0, 0.1) is 11.7 Å². The third-order valence-corrected chi connectivity index (χ3v) is 11.7. The Morgan fingerprint density at radius 1 is 0.879 bits per heavy atom. The van der Waals surface area contributed by atoms with E-state index in [4.69, 9.17) is 0 Å². The molecule has 1 fully saturated rings. The van der Waals surface area contributed by atoms with Crippen LogP contribution < -0.4 is 0 Å². The van der Waals surface area contributed by atoms with Gasteiger partial charge in [0.05, 0.1) is 0 Å². The summed E-state index contributed by atoms with van der Waals surface area (Å²) >= 11 is 0. The molecular weight excluding hydrogens is 419 g/mol. The topological polar surface area (TPSA) is 0 Å². The van der Waals surface area contributed by atoms with Gasteiger partial charge in [-0.05, 0) is 60.3 Å². The van der Waals surface area contributed by atoms with Crippen molar-refractivity contribution in [3.63, 3.8) is 0 Å². The molecule has 33 heavy (non-hydrogen) atoms. The largest absolute Gasteiger partial charge is 0.206 e. The molecule has 0 bridgehead atoms. The van der Waals surface area contributed by atoms with Gasteiger partial charge in [0.15, 0.2) is 0 Å². The number of hydrogen-bond donors (Lipinski definition) is 0. The van der Waals surface area contributed by atoms with Gasteiger partial charge in [-0.1, -0.05) is 120 Å². The van der Waals surface area contributed by atoms with E-state index in [1.165, 1.54) is 93.5 Å². The predicted octanol–water partition coefficient (Wildman–Crippen LogP) is 9.94. The predicted molar refractivity (Wildman–Crippen MR) is 147 cm³/mol. The van der Waals surface area contributed by atoms with Crippen molar-refractivity contribution in [2.45, 2.75) is 115 Å². The van der Waals surface area contributed by atoms with Crippen molar-refractivity contribution in [2.24, 2.45) is 5.92 Å². The second kappa shape index (κ2) is 14.1. The Hall–Kier alpha value is -1.41. The number of rotatable bonds is 13. The summed E-state index contributed by atoms with van der Waals surface area (Å²) in [7, 11) is -0.510. The van der Waals surface area contributed by atoms with Gasteiger partial charge in [0, 0.05) is 14.4 Å². The van der Waals surface area contributed by atoms with Crippen LogP contribution in [0.4, 0.5) is 4.39 Å². The maximum absolute atomic E-state index is 15.1. The average molecular weight is 467 g/mol. The van der Waals surface area contributed by atoms with Gasteiger partial charge >= 0.3 is 0 Å². The smallest absolute Gasteiger partial charge is 0.131 e. The van der Waals surface area contributed by atoms with Crippen molar-refractivity contribution in [3.05, 3.63) is 59.4 Å². The Balaban J connectivity index is 1.52. The number of benzene rings is 2. The molecule has 2 heteroatoms. The van der Waals surface area contributed by atoms with Crippen LogP contribution in [0.2, 0.25) is 18.1 Å². The van der Waals surface area contributed by atoms with Crippen molar-refractivity contribution >= 4 is 8.80 Å². The second-order valence-electron chi connectivity index (χ2n) is 10.6. The lowest BCUT2D eigenvalue weighted by atomic mass is 9.91. The highest BCUT2D eigenvalue weighted by atomic mass is 28.3. The van der Waals surface area contributed by atoms with Crippen molar-refractivity contribution in [1.82, 2.24) is 0 Å². The van der Waals surface area contributed by atoms with Crippen LogP contribution in [-0.2, 0) is 6.42 Å². The van der Waals surface area contributed by atoms with Crippen molar-refractivity contribution < 1.29 is 4.39 Å². The first-order chi connectivity index (χ1) is 16.1. The van der Waals surface area contributed by atoms with Gasteiger partial charge in [-0.3, -0.25) is 0 Å². The summed E-state index contributed by atoms with van der Waals surface area (Å²) in [6, 6.07) is 19.1. The lowest BCUT2D eigenvalue weighted by Crippen LogP contribution is -2.20. The van der Waals surface area contributed by atoms with Crippen LogP contribution in [-0.4, -0.2) is 8.80 Å². The molecule has 3 rings (SSSR count). The van der Waals surface area contributed by atoms with Gasteiger partial charge in [0.1, 0.15) is 5.82 Å². The Morgan fingerprint density at radius 3 is 2.27 bits per heavy atom. The molecule has 2 aromatic rings. The molecular formula is C31H47FSi. The fraction of sp³-hybridized carbons (Fsp3) is 0.613. The molecule has 0 saturated carbocycles. The third-order valence-electron chi connectivity index (χ3n) is 8.14. The van der Waals surface area contributed by atoms with Gasteiger partial charge in [-0.2, -0.15) is 0 Å². The van der Waals surface area contributed by atoms with Gasteiger partial charge < -0.3 is 0 Å². The highest BCUT2D eigenvalue weighted by molar-refractivity contribution is 6.59. The Labute approximate surface area is 205 Å². The van der Waals surface area contributed by atoms with Crippen molar-refractivity contribution in [1.29, 1.82) is 0 Å². The molecule has 2 aromatic carbocycles. The van der Waals surface area contributed by atoms with E-state index in [-0.39, 0.29) is 5.82 Å². The van der Waals surface area contributed by atoms with Crippen molar-refractivity contribution in [3.8, 4) is 11.1 Å². The number of hydrogen-bond acceptors (Lipinski definition) is 0. The molecule has 0 radical (unpaired) electrons. The zero-order valence-corrected chi connectivity index (χ0v) is 22.7. The SMILES string of the molecule is CCCCC[Si@H]1CC[C@H](c2ccc(-c3ccc(CCCC(CC)CCC)cc3)c(F)c2)CC1. The monoisotopic (exact) mass is 466 g/mol. The standard InChI is InChI=1S/C31H47FSi/c1-4-7-8-21-33-22-19-27(20-23-33)29-17-18-30(31(32)24-29)28-15-13-26(14-16-28)12-9-11-25(6-3)10-5-2/h13-18,24-25,27,33H,4-12,19-23H2,1-3H3/t25?,27-,33-. The minimum atomic E-state index is -0.510. The molecule has 0 spiro atoms. The van der Waals surface area contributed by atoms with Crippen LogP contribution in [0.15, 0.2) is 42.5 Å². The number of unbranched alkanes of at least 4 members (excludes halogenated alkanes) is 2. The molecule has 182 valence electrons. The summed E-state index contributed by atoms with van der Waals surface area (Å²) in [5.74, 6) is 1.40. The van der Waals surface area contributed by atoms with E-state index in [1.54, 1.807) is 0 Å². The molecule has 1 aliphatic heterocycles. The quantitative estimate of drug-likeness (QED) is 0.203. The fourth-order valence-corrected chi connectivity index (χ4v) is 9.37. The average Bonchev–Trinajstić information content (AvgIpc) is 2.84. The first-order valence-corrected chi connectivity index (χ1v) is 16.5. The summed E-state index contributed by atoms with van der Waals surface area (Å²) in [5.41, 5.74) is 4.36. The summed E-state index contributed by atoms with van der Waals surface area (Å²) in [6.07, 6.45) is 14.4. The van der Waals surface area contributed by atoms with Crippen LogP contribution >= 0.6 is 0 Å². The van der Waals surface area contributed by atoms with E-state index in [1.807, 2.05) is 12.1 Å². The third kappa shape index (κ3) is 8.09. The summed E-state index contributed by atoms with van der Waals surface area (Å²) in [6.45, 7) is 6.90. The van der Waals surface area contributed by atoms with Crippen LogP contribution in [0.5, 0.6) is 0 Å². The minimum absolute atomic E-state index is 0.0482. The molecule has 0 N–H and O–H groups in total. The fourth-order valence-electron chi connectivity index (χ4n) is 5.89. The molecule has 1 atom stereocenters. The van der Waals surface area contributed by atoms with E-state index in [0.717, 1.165) is 23.5 Å². The molecule has 1 saturated heterocycles. The number of halogens is 1. The molecule has 0 nitrogen and oxygen atoms in total. The lowest BCUT2D eigenvalue weighted by molar-refractivity contribution is 0.419. The molecule has 0 amide bonds. The Morgan fingerprint density at radius 2 is 1.64 bits per heavy atom. The van der Waals surface area contributed by atoms with Crippen LogP contribution in [0.3, 0.4) is 0 Å². The molecule has 0 aromatic heterocycles. The number of aryl methyl sites for hydroxylation is 1. The first-order valence-electron chi connectivity index (χ1n) is 14.0. The molecule has 1 aliphatic rings. The molecule has 0 aliphatic carbocycles. The zero-order valence-electron chi connectivity index (χ0n) is 21.6. The Bertz CT molecular complexity index is 804. The van der Waals surface area contributed by atoms with Gasteiger partial charge in [0.25, 0.3) is 0 Å². The van der Waals surface area contributed by atoms with Crippen LogP contribution in [0.1, 0.15) is 102 Å². The van der Waals surface area contributed by atoms with Crippen LogP contribution in [0.25, 0.3) is 11.1 Å². The van der Waals surface area contributed by atoms with Gasteiger partial charge in [-0.25, -0.2) is 4.39 Å². The first kappa shape index (κ1) is 26.2. The lowest BCUT2D eigenvalue weighted by Gasteiger charge is -2.28. The zero-order chi connectivity index (χ0) is 23.5. The van der Waals surface area contributed by atoms with Crippen molar-refractivity contribution in [2.75, 3.05) is 0 Å². The molecule has 1 heterocycles. The summed E-state index contributed by atoms with van der Waals surface area (Å²) in [4.78, 5) is 0. The van der Waals surface area contributed by atoms with Gasteiger partial charge in [-0.15, -0.1) is 0 Å². The van der Waals surface area contributed by atoms with Gasteiger partial charge in [0.2, 0.25) is 0 Å². The van der Waals surface area contributed by atoms with E-state index < -0.39 is 8.80 Å². The normalized spacial score (nSPS) is 19.5. The van der Waals surface area contributed by atoms with E-state index >= 15 is 4.39 Å². The minimum Gasteiger partial charge on any atom is -0.206 e. The maximum atomic E-state index is 15.1. The van der Waals surface area contributed by atoms with E-state index in [9.17, 15) is 0 Å². The van der Waals surface area contributed by atoms with E-state index in [2.05, 4.69) is 51.1 Å². The summed E-state index contributed by atoms with van der Waals surface area (Å²) < 4.78 is 15.1. The van der Waals surface area contributed by atoms with E-state index in [0.29, 0.717) is 5.92 Å². The molecule has 1 unspecified atom stereocenters. The highest BCUT2D eigenvalue weighted by Gasteiger charge is 2.23.